The molecule has 0 spiro atoms. The van der Waals surface area contributed by atoms with Crippen molar-refractivity contribution < 1.29 is 41.8 Å². The molecule has 1 aromatic heterocycles. The molecule has 0 aliphatic carbocycles. The Balaban J connectivity index is 1.40. The summed E-state index contributed by atoms with van der Waals surface area (Å²) < 4.78 is 60.8. The Hall–Kier alpha value is -3.88. The first kappa shape index (κ1) is 35.4. The maximum atomic E-state index is 14.3. The summed E-state index contributed by atoms with van der Waals surface area (Å²) in [5, 5.41) is 7.73. The van der Waals surface area contributed by atoms with Crippen LogP contribution in [0.1, 0.15) is 75.0 Å². The molecule has 0 unspecified atom stereocenters. The molecule has 3 aromatic rings. The molecule has 0 bridgehead atoms. The van der Waals surface area contributed by atoms with Crippen molar-refractivity contribution in [2.24, 2.45) is 0 Å². The summed E-state index contributed by atoms with van der Waals surface area (Å²) in [6, 6.07) is 9.26. The zero-order valence-corrected chi connectivity index (χ0v) is 28.2. The van der Waals surface area contributed by atoms with Gasteiger partial charge in [-0.05, 0) is 45.0 Å². The molecule has 0 N–H and O–H groups in total. The number of piperazine rings is 1. The van der Waals surface area contributed by atoms with E-state index in [-0.39, 0.29) is 78.5 Å². The second-order valence-corrected chi connectivity index (χ2v) is 13.2. The van der Waals surface area contributed by atoms with Crippen LogP contribution in [-0.4, -0.2) is 81.2 Å². The number of nitrogens with zero attached hydrogens (tertiary/aromatic N) is 5. The first-order chi connectivity index (χ1) is 22.6. The summed E-state index contributed by atoms with van der Waals surface area (Å²) >= 11 is 13.0. The van der Waals surface area contributed by atoms with E-state index in [9.17, 15) is 27.6 Å². The molecule has 2 aliphatic heterocycles. The van der Waals surface area contributed by atoms with Crippen molar-refractivity contribution in [1.82, 2.24) is 24.6 Å². The van der Waals surface area contributed by atoms with Crippen LogP contribution in [0.5, 0.6) is 5.75 Å². The number of rotatable bonds is 7. The average Bonchev–Trinajstić information content (AvgIpc) is 3.43. The first-order valence-corrected chi connectivity index (χ1v) is 15.9. The Bertz CT molecular complexity index is 1700. The number of esters is 1. The predicted octanol–water partition coefficient (Wildman–Crippen LogP) is 5.95. The lowest BCUT2D eigenvalue weighted by atomic mass is 9.99. The molecule has 16 heteroatoms. The third-order valence-corrected chi connectivity index (χ3v) is 8.49. The Kier molecular flexibility index (Phi) is 10.3. The molecule has 1 saturated heterocycles. The zero-order valence-electron chi connectivity index (χ0n) is 26.6. The van der Waals surface area contributed by atoms with Crippen LogP contribution in [0.25, 0.3) is 5.69 Å². The summed E-state index contributed by atoms with van der Waals surface area (Å²) in [4.78, 5) is 41.6. The summed E-state index contributed by atoms with van der Waals surface area (Å²) in [6.45, 7) is 5.99. The number of fused-ring (bicyclic) bond motifs is 3. The molecule has 5 rings (SSSR count). The lowest BCUT2D eigenvalue weighted by molar-refractivity contribution is -0.156. The van der Waals surface area contributed by atoms with Crippen molar-refractivity contribution >= 4 is 41.0 Å². The van der Waals surface area contributed by atoms with Gasteiger partial charge in [-0.1, -0.05) is 35.3 Å². The molecule has 2 aliphatic rings. The van der Waals surface area contributed by atoms with Crippen molar-refractivity contribution in [3.63, 3.8) is 0 Å². The van der Waals surface area contributed by atoms with Crippen LogP contribution >= 0.6 is 23.2 Å². The predicted molar refractivity (Wildman–Crippen MR) is 168 cm³/mol. The van der Waals surface area contributed by atoms with E-state index < -0.39 is 41.7 Å². The fourth-order valence-corrected chi connectivity index (χ4v) is 6.17. The van der Waals surface area contributed by atoms with E-state index in [1.807, 2.05) is 0 Å². The highest BCUT2D eigenvalue weighted by molar-refractivity contribution is 6.33. The molecule has 48 heavy (non-hydrogen) atoms. The van der Waals surface area contributed by atoms with E-state index >= 15 is 0 Å². The molecule has 2 amide bonds. The number of alkyl halides is 3. The number of carbonyl (C=O) groups excluding carboxylic acids is 3. The maximum Gasteiger partial charge on any atom is 0.452 e. The quantitative estimate of drug-likeness (QED) is 0.277. The van der Waals surface area contributed by atoms with Gasteiger partial charge < -0.3 is 24.0 Å². The number of halogens is 5. The van der Waals surface area contributed by atoms with Gasteiger partial charge in [-0.25, -0.2) is 0 Å². The van der Waals surface area contributed by atoms with Crippen molar-refractivity contribution in [2.75, 3.05) is 33.3 Å². The van der Waals surface area contributed by atoms with Crippen LogP contribution in [0.15, 0.2) is 36.4 Å². The van der Waals surface area contributed by atoms with Gasteiger partial charge in [0, 0.05) is 48.7 Å². The molecule has 11 nitrogen and oxygen atoms in total. The number of ether oxygens (including phenoxy) is 3. The zero-order chi connectivity index (χ0) is 35.0. The summed E-state index contributed by atoms with van der Waals surface area (Å²) in [5.74, 6) is -2.36. The second-order valence-electron chi connectivity index (χ2n) is 12.3. The summed E-state index contributed by atoms with van der Waals surface area (Å²) in [6.07, 6.45) is -7.76. The Morgan fingerprint density at radius 3 is 2.23 bits per heavy atom. The first-order valence-electron chi connectivity index (χ1n) is 15.1. The van der Waals surface area contributed by atoms with Gasteiger partial charge in [0.05, 0.1) is 30.7 Å². The third-order valence-electron chi connectivity index (χ3n) is 7.85. The SMILES string of the molecule is COc1cccc([C@@H]2O[C@H](CC(=O)N3CCN(C(=O)CCC(=O)OC(C)(C)C)CC3)c3nnc(C(F)(F)F)n3-c3ccc(Cl)cc32)c1Cl. The van der Waals surface area contributed by atoms with Crippen molar-refractivity contribution in [3.05, 3.63) is 69.2 Å². The fourth-order valence-electron chi connectivity index (χ4n) is 5.68. The van der Waals surface area contributed by atoms with Gasteiger partial charge in [-0.15, -0.1) is 10.2 Å². The minimum absolute atomic E-state index is 0.0330. The van der Waals surface area contributed by atoms with Crippen LogP contribution in [0.3, 0.4) is 0 Å². The highest BCUT2D eigenvalue weighted by Crippen LogP contribution is 2.46. The lowest BCUT2D eigenvalue weighted by Gasteiger charge is -2.35. The van der Waals surface area contributed by atoms with E-state index in [1.165, 1.54) is 30.2 Å². The van der Waals surface area contributed by atoms with Crippen LogP contribution in [-0.2, 0) is 30.0 Å². The van der Waals surface area contributed by atoms with Gasteiger partial charge in [-0.3, -0.25) is 19.0 Å². The molecular formula is C32H34Cl2F3N5O6. The molecular weight excluding hydrogens is 678 g/mol. The van der Waals surface area contributed by atoms with Gasteiger partial charge in [-0.2, -0.15) is 13.2 Å². The molecule has 0 radical (unpaired) electrons. The second kappa shape index (κ2) is 13.9. The van der Waals surface area contributed by atoms with Gasteiger partial charge >= 0.3 is 12.1 Å². The number of carbonyl (C=O) groups is 3. The number of hydrogen-bond donors (Lipinski definition) is 0. The number of methoxy groups -OCH3 is 1. The molecule has 1 fully saturated rings. The van der Waals surface area contributed by atoms with Crippen molar-refractivity contribution in [1.29, 1.82) is 0 Å². The molecule has 3 heterocycles. The largest absolute Gasteiger partial charge is 0.495 e. The minimum atomic E-state index is -4.89. The van der Waals surface area contributed by atoms with Gasteiger partial charge in [0.2, 0.25) is 17.6 Å². The highest BCUT2D eigenvalue weighted by Gasteiger charge is 2.44. The number of amides is 2. The van der Waals surface area contributed by atoms with E-state index in [2.05, 4.69) is 10.2 Å². The average molecular weight is 713 g/mol. The lowest BCUT2D eigenvalue weighted by Crippen LogP contribution is -2.51. The highest BCUT2D eigenvalue weighted by atomic mass is 35.5. The van der Waals surface area contributed by atoms with Crippen LogP contribution in [0, 0.1) is 0 Å². The van der Waals surface area contributed by atoms with E-state index in [0.29, 0.717) is 11.3 Å². The molecule has 2 atom stereocenters. The maximum absolute atomic E-state index is 14.3. The summed E-state index contributed by atoms with van der Waals surface area (Å²) in [7, 11) is 1.43. The van der Waals surface area contributed by atoms with Gasteiger partial charge in [0.25, 0.3) is 0 Å². The third kappa shape index (κ3) is 7.71. The molecule has 2 aromatic carbocycles. The minimum Gasteiger partial charge on any atom is -0.495 e. The van der Waals surface area contributed by atoms with E-state index in [4.69, 9.17) is 37.4 Å². The topological polar surface area (TPSA) is 116 Å². The van der Waals surface area contributed by atoms with Crippen molar-refractivity contribution in [2.45, 2.75) is 64.0 Å². The standard InChI is InChI=1S/C32H34Cl2F3N5O6/c1-31(2,3)48-26(45)11-10-24(43)40-12-14-41(15-13-40)25(44)17-23-29-38-39-30(32(35,36)37)42(29)21-9-8-18(33)16-20(21)28(47-23)19-6-5-7-22(46-4)27(19)34/h5-9,16,23,28H,10-15,17H2,1-4H3/t23-,28+/m1/s1. The van der Waals surface area contributed by atoms with E-state index in [1.54, 1.807) is 43.9 Å². The number of aromatic nitrogens is 3. The fraction of sp³-hybridized carbons (Fsp3) is 0.469. The Labute approximate surface area is 284 Å². The van der Waals surface area contributed by atoms with E-state index in [0.717, 1.165) is 4.57 Å². The normalized spacial score (nSPS) is 18.1. The molecule has 258 valence electrons. The van der Waals surface area contributed by atoms with Gasteiger partial charge in [0.1, 0.15) is 23.6 Å². The van der Waals surface area contributed by atoms with Crippen LogP contribution in [0.2, 0.25) is 10.0 Å². The Morgan fingerprint density at radius 1 is 0.938 bits per heavy atom. The monoisotopic (exact) mass is 711 g/mol. The summed E-state index contributed by atoms with van der Waals surface area (Å²) in [5.41, 5.74) is 0.0228. The number of benzene rings is 2. The van der Waals surface area contributed by atoms with Crippen LogP contribution < -0.4 is 4.74 Å². The Morgan fingerprint density at radius 2 is 1.60 bits per heavy atom. The van der Waals surface area contributed by atoms with Crippen molar-refractivity contribution in [3.8, 4) is 11.4 Å². The number of hydrogen-bond acceptors (Lipinski definition) is 8. The van der Waals surface area contributed by atoms with Gasteiger partial charge in [0.15, 0.2) is 5.82 Å². The smallest absolute Gasteiger partial charge is 0.452 e. The van der Waals surface area contributed by atoms with Crippen LogP contribution in [0.4, 0.5) is 13.2 Å². The molecule has 0 saturated carbocycles.